The smallest absolute Gasteiger partial charge is 0.315 e. The standard InChI is InChI=1S/C7H16N2O3/c1-6(5-10)9-7(11)8-3-4-12-2/h6,10H,3-5H2,1-2H3,(H2,8,9,11)/t6-/m0/s1. The molecule has 0 aromatic rings. The van der Waals surface area contributed by atoms with Crippen LogP contribution in [0.5, 0.6) is 0 Å². The molecule has 0 fully saturated rings. The molecule has 5 nitrogen and oxygen atoms in total. The lowest BCUT2D eigenvalue weighted by Gasteiger charge is -2.11. The van der Waals surface area contributed by atoms with Crippen molar-refractivity contribution < 1.29 is 14.6 Å². The van der Waals surface area contributed by atoms with Crippen molar-refractivity contribution in [1.29, 1.82) is 0 Å². The van der Waals surface area contributed by atoms with Crippen molar-refractivity contribution >= 4 is 6.03 Å². The number of ether oxygens (including phenoxy) is 1. The highest BCUT2D eigenvalue weighted by Crippen LogP contribution is 1.77. The summed E-state index contributed by atoms with van der Waals surface area (Å²) < 4.78 is 4.73. The second-order valence-corrected chi connectivity index (χ2v) is 2.48. The molecule has 0 spiro atoms. The second kappa shape index (κ2) is 6.87. The van der Waals surface area contributed by atoms with Gasteiger partial charge < -0.3 is 20.5 Å². The first-order chi connectivity index (χ1) is 5.70. The van der Waals surface area contributed by atoms with Crippen LogP contribution < -0.4 is 10.6 Å². The largest absolute Gasteiger partial charge is 0.394 e. The third-order valence-electron chi connectivity index (χ3n) is 1.24. The van der Waals surface area contributed by atoms with Crippen LogP contribution in [-0.2, 0) is 4.74 Å². The van der Waals surface area contributed by atoms with Crippen LogP contribution in [0.3, 0.4) is 0 Å². The zero-order valence-electron chi connectivity index (χ0n) is 7.46. The van der Waals surface area contributed by atoms with Gasteiger partial charge in [0.2, 0.25) is 0 Å². The van der Waals surface area contributed by atoms with Gasteiger partial charge in [-0.05, 0) is 6.92 Å². The third kappa shape index (κ3) is 5.94. The van der Waals surface area contributed by atoms with E-state index in [1.54, 1.807) is 14.0 Å². The summed E-state index contributed by atoms with van der Waals surface area (Å²) in [4.78, 5) is 10.9. The fraction of sp³-hybridized carbons (Fsp3) is 0.857. The molecule has 0 rings (SSSR count). The lowest BCUT2D eigenvalue weighted by molar-refractivity contribution is 0.192. The van der Waals surface area contributed by atoms with Gasteiger partial charge in [-0.1, -0.05) is 0 Å². The van der Waals surface area contributed by atoms with Crippen molar-refractivity contribution in [2.75, 3.05) is 26.9 Å². The zero-order chi connectivity index (χ0) is 9.40. The van der Waals surface area contributed by atoms with Gasteiger partial charge >= 0.3 is 6.03 Å². The molecule has 0 aromatic carbocycles. The lowest BCUT2D eigenvalue weighted by Crippen LogP contribution is -2.43. The van der Waals surface area contributed by atoms with E-state index < -0.39 is 0 Å². The summed E-state index contributed by atoms with van der Waals surface area (Å²) in [5.41, 5.74) is 0. The molecule has 0 heterocycles. The molecular weight excluding hydrogens is 160 g/mol. The maximum absolute atomic E-state index is 10.9. The molecule has 2 amide bonds. The predicted octanol–water partition coefficient (Wildman–Crippen LogP) is -0.687. The van der Waals surface area contributed by atoms with E-state index >= 15 is 0 Å². The van der Waals surface area contributed by atoms with E-state index in [1.165, 1.54) is 0 Å². The summed E-state index contributed by atoms with van der Waals surface area (Å²) in [5, 5.41) is 13.7. The van der Waals surface area contributed by atoms with Crippen molar-refractivity contribution in [3.05, 3.63) is 0 Å². The molecule has 72 valence electrons. The minimum Gasteiger partial charge on any atom is -0.394 e. The van der Waals surface area contributed by atoms with E-state index in [0.717, 1.165) is 0 Å². The summed E-state index contributed by atoms with van der Waals surface area (Å²) in [5.74, 6) is 0. The van der Waals surface area contributed by atoms with Crippen LogP contribution in [0.1, 0.15) is 6.92 Å². The Hall–Kier alpha value is -0.810. The van der Waals surface area contributed by atoms with Gasteiger partial charge in [0.1, 0.15) is 0 Å². The Kier molecular flexibility index (Phi) is 6.41. The van der Waals surface area contributed by atoms with Crippen molar-refractivity contribution in [2.24, 2.45) is 0 Å². The van der Waals surface area contributed by atoms with Crippen LogP contribution in [-0.4, -0.2) is 44.0 Å². The summed E-state index contributed by atoms with van der Waals surface area (Å²) >= 11 is 0. The normalized spacial score (nSPS) is 12.2. The third-order valence-corrected chi connectivity index (χ3v) is 1.24. The number of hydrogen-bond donors (Lipinski definition) is 3. The summed E-state index contributed by atoms with van der Waals surface area (Å²) in [7, 11) is 1.57. The summed E-state index contributed by atoms with van der Waals surface area (Å²) in [6, 6.07) is -0.499. The van der Waals surface area contributed by atoms with E-state index in [2.05, 4.69) is 10.6 Å². The molecular formula is C7H16N2O3. The maximum atomic E-state index is 10.9. The predicted molar refractivity (Wildman–Crippen MR) is 45.0 cm³/mol. The summed E-state index contributed by atoms with van der Waals surface area (Å²) in [6.07, 6.45) is 0. The fourth-order valence-corrected chi connectivity index (χ4v) is 0.587. The van der Waals surface area contributed by atoms with Crippen LogP contribution in [0.15, 0.2) is 0 Å². The Bertz CT molecular complexity index is 130. The number of carbonyl (C=O) groups is 1. The van der Waals surface area contributed by atoms with Crippen molar-refractivity contribution in [3.8, 4) is 0 Å². The molecule has 0 aliphatic heterocycles. The van der Waals surface area contributed by atoms with Crippen LogP contribution in [0.25, 0.3) is 0 Å². The number of methoxy groups -OCH3 is 1. The van der Waals surface area contributed by atoms with Crippen molar-refractivity contribution in [3.63, 3.8) is 0 Å². The van der Waals surface area contributed by atoms with E-state index in [-0.39, 0.29) is 18.7 Å². The highest BCUT2D eigenvalue weighted by atomic mass is 16.5. The molecule has 1 atom stereocenters. The molecule has 5 heteroatoms. The number of rotatable bonds is 5. The highest BCUT2D eigenvalue weighted by Gasteiger charge is 2.03. The Morgan fingerprint density at radius 2 is 2.33 bits per heavy atom. The molecule has 0 bridgehead atoms. The molecule has 0 aliphatic rings. The molecule has 12 heavy (non-hydrogen) atoms. The number of aliphatic hydroxyl groups is 1. The van der Waals surface area contributed by atoms with Crippen LogP contribution in [0.4, 0.5) is 4.79 Å². The average Bonchev–Trinajstić information content (AvgIpc) is 2.05. The van der Waals surface area contributed by atoms with Gasteiger partial charge in [0.25, 0.3) is 0 Å². The Labute approximate surface area is 72.1 Å². The van der Waals surface area contributed by atoms with Gasteiger partial charge in [-0.3, -0.25) is 0 Å². The van der Waals surface area contributed by atoms with Crippen LogP contribution >= 0.6 is 0 Å². The molecule has 0 radical (unpaired) electrons. The van der Waals surface area contributed by atoms with E-state index in [0.29, 0.717) is 13.2 Å². The van der Waals surface area contributed by atoms with Crippen molar-refractivity contribution in [2.45, 2.75) is 13.0 Å². The number of carbonyl (C=O) groups excluding carboxylic acids is 1. The number of hydrogen-bond acceptors (Lipinski definition) is 3. The lowest BCUT2D eigenvalue weighted by atomic mass is 10.4. The van der Waals surface area contributed by atoms with Gasteiger partial charge in [-0.15, -0.1) is 0 Å². The molecule has 0 saturated heterocycles. The second-order valence-electron chi connectivity index (χ2n) is 2.48. The molecule has 0 aromatic heterocycles. The van der Waals surface area contributed by atoms with Gasteiger partial charge in [0.05, 0.1) is 19.3 Å². The molecule has 0 aliphatic carbocycles. The maximum Gasteiger partial charge on any atom is 0.315 e. The number of aliphatic hydroxyl groups excluding tert-OH is 1. The quantitative estimate of drug-likeness (QED) is 0.486. The van der Waals surface area contributed by atoms with Crippen LogP contribution in [0.2, 0.25) is 0 Å². The molecule has 0 unspecified atom stereocenters. The van der Waals surface area contributed by atoms with Gasteiger partial charge in [0, 0.05) is 13.7 Å². The Balaban J connectivity index is 3.33. The minimum atomic E-state index is -0.284. The average molecular weight is 176 g/mol. The van der Waals surface area contributed by atoms with Gasteiger partial charge in [0.15, 0.2) is 0 Å². The topological polar surface area (TPSA) is 70.6 Å². The first-order valence-electron chi connectivity index (χ1n) is 3.85. The van der Waals surface area contributed by atoms with Gasteiger partial charge in [-0.25, -0.2) is 4.79 Å². The van der Waals surface area contributed by atoms with Crippen molar-refractivity contribution in [1.82, 2.24) is 10.6 Å². The Morgan fingerprint density at radius 3 is 2.83 bits per heavy atom. The Morgan fingerprint density at radius 1 is 1.67 bits per heavy atom. The van der Waals surface area contributed by atoms with Crippen LogP contribution in [0, 0.1) is 0 Å². The van der Waals surface area contributed by atoms with E-state index in [1.807, 2.05) is 0 Å². The monoisotopic (exact) mass is 176 g/mol. The highest BCUT2D eigenvalue weighted by molar-refractivity contribution is 5.74. The molecule has 0 saturated carbocycles. The SMILES string of the molecule is COCCNC(=O)N[C@@H](C)CO. The van der Waals surface area contributed by atoms with E-state index in [4.69, 9.17) is 9.84 Å². The fourth-order valence-electron chi connectivity index (χ4n) is 0.587. The summed E-state index contributed by atoms with van der Waals surface area (Å²) in [6.45, 7) is 2.62. The minimum absolute atomic E-state index is 0.0578. The zero-order valence-corrected chi connectivity index (χ0v) is 7.46. The van der Waals surface area contributed by atoms with E-state index in [9.17, 15) is 4.79 Å². The first-order valence-corrected chi connectivity index (χ1v) is 3.85. The van der Waals surface area contributed by atoms with Gasteiger partial charge in [-0.2, -0.15) is 0 Å². The molecule has 3 N–H and O–H groups in total. The number of nitrogens with one attached hydrogen (secondary N) is 2. The number of amides is 2. The first kappa shape index (κ1) is 11.2. The number of urea groups is 1.